The molecular weight excluding hydrogens is 394 g/mol. The summed E-state index contributed by atoms with van der Waals surface area (Å²) in [5, 5.41) is 3.18. The molecule has 1 aliphatic rings. The van der Waals surface area contributed by atoms with Gasteiger partial charge in [0.05, 0.1) is 19.8 Å². The summed E-state index contributed by atoms with van der Waals surface area (Å²) in [7, 11) is 3.08. The molecule has 0 atom stereocenters. The maximum absolute atomic E-state index is 13.1. The maximum atomic E-state index is 13.1. The summed E-state index contributed by atoms with van der Waals surface area (Å²) in [5.41, 5.74) is 3.01. The van der Waals surface area contributed by atoms with Gasteiger partial charge in [-0.1, -0.05) is 6.07 Å². The molecule has 0 unspecified atom stereocenters. The number of methoxy groups -OCH3 is 2. The number of hydrogen-bond acceptors (Lipinski definition) is 6. The average molecular weight is 424 g/mol. The number of amides is 2. The van der Waals surface area contributed by atoms with Gasteiger partial charge in [-0.3, -0.25) is 14.5 Å². The molecule has 1 N–H and O–H groups in total. The van der Waals surface area contributed by atoms with Crippen LogP contribution in [-0.4, -0.2) is 50.6 Å². The number of anilines is 2. The Balaban J connectivity index is 2.02. The van der Waals surface area contributed by atoms with Gasteiger partial charge in [0.2, 0.25) is 0 Å². The molecular formula is C24H29N3O4. The lowest BCUT2D eigenvalue weighted by Gasteiger charge is -2.21. The van der Waals surface area contributed by atoms with Crippen molar-refractivity contribution >= 4 is 28.8 Å². The first-order chi connectivity index (χ1) is 15.0. The SMILES string of the molecule is CCN1C(=O)C(Nc2ccc(N(CC)CC)cc2)=C(c2ccc(OC)c(OC)c2)C1=O. The van der Waals surface area contributed by atoms with Crippen molar-refractivity contribution in [3.8, 4) is 11.5 Å². The topological polar surface area (TPSA) is 71.1 Å². The summed E-state index contributed by atoms with van der Waals surface area (Å²) < 4.78 is 10.7. The number of hydrogen-bond donors (Lipinski definition) is 1. The molecule has 0 saturated carbocycles. The van der Waals surface area contributed by atoms with Crippen LogP contribution in [0.2, 0.25) is 0 Å². The van der Waals surface area contributed by atoms with Crippen molar-refractivity contribution in [1.82, 2.24) is 4.90 Å². The first kappa shape index (κ1) is 22.2. The van der Waals surface area contributed by atoms with E-state index in [0.29, 0.717) is 29.2 Å². The zero-order chi connectivity index (χ0) is 22.5. The first-order valence-corrected chi connectivity index (χ1v) is 10.4. The fourth-order valence-corrected chi connectivity index (χ4v) is 3.73. The summed E-state index contributed by atoms with van der Waals surface area (Å²) in [4.78, 5) is 29.5. The van der Waals surface area contributed by atoms with Crippen LogP contribution in [0.1, 0.15) is 26.3 Å². The van der Waals surface area contributed by atoms with Gasteiger partial charge in [0, 0.05) is 31.0 Å². The number of carbonyl (C=O) groups excluding carboxylic acids is 2. The van der Waals surface area contributed by atoms with Crippen molar-refractivity contribution in [1.29, 1.82) is 0 Å². The third-order valence-corrected chi connectivity index (χ3v) is 5.42. The van der Waals surface area contributed by atoms with Crippen molar-refractivity contribution in [2.24, 2.45) is 0 Å². The highest BCUT2D eigenvalue weighted by molar-refractivity contribution is 6.36. The molecule has 0 radical (unpaired) electrons. The highest BCUT2D eigenvalue weighted by Gasteiger charge is 2.38. The molecule has 164 valence electrons. The van der Waals surface area contributed by atoms with E-state index >= 15 is 0 Å². The maximum Gasteiger partial charge on any atom is 0.278 e. The molecule has 2 aromatic carbocycles. The number of nitrogens with one attached hydrogen (secondary N) is 1. The van der Waals surface area contributed by atoms with Gasteiger partial charge in [-0.2, -0.15) is 0 Å². The molecule has 0 aromatic heterocycles. The molecule has 0 bridgehead atoms. The van der Waals surface area contributed by atoms with E-state index in [9.17, 15) is 9.59 Å². The Morgan fingerprint density at radius 1 is 0.871 bits per heavy atom. The highest BCUT2D eigenvalue weighted by Crippen LogP contribution is 2.35. The summed E-state index contributed by atoms with van der Waals surface area (Å²) in [6.45, 7) is 8.12. The molecule has 0 spiro atoms. The average Bonchev–Trinajstić information content (AvgIpc) is 3.03. The van der Waals surface area contributed by atoms with Crippen molar-refractivity contribution in [3.05, 3.63) is 53.7 Å². The van der Waals surface area contributed by atoms with Crippen molar-refractivity contribution in [3.63, 3.8) is 0 Å². The van der Waals surface area contributed by atoms with Gasteiger partial charge in [-0.25, -0.2) is 0 Å². The molecule has 2 amide bonds. The van der Waals surface area contributed by atoms with Crippen LogP contribution in [0.25, 0.3) is 5.57 Å². The van der Waals surface area contributed by atoms with E-state index in [4.69, 9.17) is 9.47 Å². The van der Waals surface area contributed by atoms with Gasteiger partial charge in [0.15, 0.2) is 11.5 Å². The van der Waals surface area contributed by atoms with Crippen LogP contribution < -0.4 is 19.7 Å². The number of rotatable bonds is 9. The Hall–Kier alpha value is -3.48. The quantitative estimate of drug-likeness (QED) is 0.619. The standard InChI is InChI=1S/C24H29N3O4/c1-6-26(7-2)18-12-10-17(11-13-18)25-22-21(23(28)27(8-3)24(22)29)16-9-14-19(30-4)20(15-16)31-5/h9-15,25H,6-8H2,1-5H3. The van der Waals surface area contributed by atoms with E-state index in [1.54, 1.807) is 32.2 Å². The minimum Gasteiger partial charge on any atom is -0.493 e. The summed E-state index contributed by atoms with van der Waals surface area (Å²) in [5.74, 6) is 0.371. The minimum absolute atomic E-state index is 0.259. The fourth-order valence-electron chi connectivity index (χ4n) is 3.73. The van der Waals surface area contributed by atoms with Crippen LogP contribution in [0, 0.1) is 0 Å². The molecule has 31 heavy (non-hydrogen) atoms. The summed E-state index contributed by atoms with van der Waals surface area (Å²) in [6.07, 6.45) is 0. The third kappa shape index (κ3) is 4.21. The van der Waals surface area contributed by atoms with Crippen molar-refractivity contribution in [2.45, 2.75) is 20.8 Å². The number of likely N-dealkylation sites (N-methyl/N-ethyl adjacent to an activating group) is 1. The second-order valence-corrected chi connectivity index (χ2v) is 7.02. The van der Waals surface area contributed by atoms with Crippen LogP contribution in [0.3, 0.4) is 0 Å². The van der Waals surface area contributed by atoms with Gasteiger partial charge < -0.3 is 19.7 Å². The normalized spacial score (nSPS) is 13.6. The molecule has 7 heteroatoms. The lowest BCUT2D eigenvalue weighted by molar-refractivity contribution is -0.136. The van der Waals surface area contributed by atoms with E-state index in [0.717, 1.165) is 24.5 Å². The Labute approximate surface area is 183 Å². The molecule has 7 nitrogen and oxygen atoms in total. The number of ether oxygens (including phenoxy) is 2. The minimum atomic E-state index is -0.342. The summed E-state index contributed by atoms with van der Waals surface area (Å²) in [6, 6.07) is 13.0. The van der Waals surface area contributed by atoms with Crippen molar-refractivity contribution < 1.29 is 19.1 Å². The lowest BCUT2D eigenvalue weighted by Crippen LogP contribution is -2.32. The Morgan fingerprint density at radius 3 is 2.06 bits per heavy atom. The number of benzene rings is 2. The predicted molar refractivity (Wildman–Crippen MR) is 122 cm³/mol. The molecule has 1 aliphatic heterocycles. The zero-order valence-electron chi connectivity index (χ0n) is 18.7. The highest BCUT2D eigenvalue weighted by atomic mass is 16.5. The number of carbonyl (C=O) groups is 2. The van der Waals surface area contributed by atoms with E-state index in [1.165, 1.54) is 12.0 Å². The molecule has 0 aliphatic carbocycles. The van der Waals surface area contributed by atoms with Gasteiger partial charge in [0.25, 0.3) is 11.8 Å². The van der Waals surface area contributed by atoms with E-state index in [2.05, 4.69) is 24.1 Å². The van der Waals surface area contributed by atoms with E-state index in [1.807, 2.05) is 24.3 Å². The van der Waals surface area contributed by atoms with Gasteiger partial charge in [-0.15, -0.1) is 0 Å². The van der Waals surface area contributed by atoms with Gasteiger partial charge in [0.1, 0.15) is 5.70 Å². The van der Waals surface area contributed by atoms with E-state index in [-0.39, 0.29) is 17.5 Å². The predicted octanol–water partition coefficient (Wildman–Crippen LogP) is 3.76. The number of imide groups is 1. The number of nitrogens with zero attached hydrogens (tertiary/aromatic N) is 2. The molecule has 0 fully saturated rings. The Bertz CT molecular complexity index is 994. The van der Waals surface area contributed by atoms with Crippen molar-refractivity contribution in [2.75, 3.05) is 44.1 Å². The molecule has 2 aromatic rings. The smallest absolute Gasteiger partial charge is 0.278 e. The van der Waals surface area contributed by atoms with Gasteiger partial charge in [-0.05, 0) is 62.7 Å². The van der Waals surface area contributed by atoms with Crippen LogP contribution in [-0.2, 0) is 9.59 Å². The summed E-state index contributed by atoms with van der Waals surface area (Å²) >= 11 is 0. The van der Waals surface area contributed by atoms with Crippen LogP contribution in [0.5, 0.6) is 11.5 Å². The molecule has 3 rings (SSSR count). The van der Waals surface area contributed by atoms with Crippen LogP contribution >= 0.6 is 0 Å². The monoisotopic (exact) mass is 423 g/mol. The second kappa shape index (κ2) is 9.55. The molecule has 1 heterocycles. The van der Waals surface area contributed by atoms with Crippen LogP contribution in [0.15, 0.2) is 48.2 Å². The Morgan fingerprint density at radius 2 is 1.52 bits per heavy atom. The largest absolute Gasteiger partial charge is 0.493 e. The van der Waals surface area contributed by atoms with E-state index < -0.39 is 0 Å². The zero-order valence-corrected chi connectivity index (χ0v) is 18.7. The first-order valence-electron chi connectivity index (χ1n) is 10.4. The van der Waals surface area contributed by atoms with Crippen LogP contribution in [0.4, 0.5) is 11.4 Å². The Kier molecular flexibility index (Phi) is 6.84. The second-order valence-electron chi connectivity index (χ2n) is 7.02. The third-order valence-electron chi connectivity index (χ3n) is 5.42. The fraction of sp³-hybridized carbons (Fsp3) is 0.333. The lowest BCUT2D eigenvalue weighted by atomic mass is 10.0. The van der Waals surface area contributed by atoms with Gasteiger partial charge >= 0.3 is 0 Å². The molecule has 0 saturated heterocycles.